The molecule has 0 aliphatic heterocycles. The van der Waals surface area contributed by atoms with Crippen molar-refractivity contribution in [2.75, 3.05) is 26.4 Å². The Morgan fingerprint density at radius 1 is 0.244 bits per heavy atom. The largest absolute Gasteiger partial charge is 0.394 e. The van der Waals surface area contributed by atoms with Gasteiger partial charge in [0, 0.05) is 13.2 Å². The third kappa shape index (κ3) is 50.9. The van der Waals surface area contributed by atoms with Gasteiger partial charge in [0.05, 0.1) is 13.2 Å². The summed E-state index contributed by atoms with van der Waals surface area (Å²) >= 11 is 0. The van der Waals surface area contributed by atoms with Gasteiger partial charge in [-0.2, -0.15) is 0 Å². The third-order valence-electron chi connectivity index (χ3n) is 9.38. The minimum absolute atomic E-state index is 0.125. The first kappa shape index (κ1) is 47.0. The van der Waals surface area contributed by atoms with Gasteiger partial charge in [-0.25, -0.2) is 0 Å². The summed E-state index contributed by atoms with van der Waals surface area (Å²) in [5, 5.41) is 15.2. The summed E-state index contributed by atoms with van der Waals surface area (Å²) in [6.07, 6.45) is 52.0. The number of aliphatic hydroxyl groups is 2. The lowest BCUT2D eigenvalue weighted by atomic mass is 10.0. The second kappa shape index (κ2) is 48.3. The molecule has 0 unspecified atom stereocenters. The van der Waals surface area contributed by atoms with Crippen LogP contribution in [0.2, 0.25) is 0 Å². The highest BCUT2D eigenvalue weighted by molar-refractivity contribution is 4.52. The predicted molar refractivity (Wildman–Crippen MR) is 203 cm³/mol. The Morgan fingerprint density at radius 2 is 0.400 bits per heavy atom. The zero-order valence-electron chi connectivity index (χ0n) is 31.6. The lowest BCUT2D eigenvalue weighted by Gasteiger charge is -2.06. The van der Waals surface area contributed by atoms with Crippen molar-refractivity contribution in [3.63, 3.8) is 0 Å². The summed E-state index contributed by atoms with van der Waals surface area (Å²) in [7, 11) is 0. The van der Waals surface area contributed by atoms with E-state index in [1.165, 1.54) is 231 Å². The van der Waals surface area contributed by atoms with Crippen LogP contribution in [0, 0.1) is 0 Å². The third-order valence-corrected chi connectivity index (χ3v) is 9.38. The van der Waals surface area contributed by atoms with E-state index in [2.05, 4.69) is 13.8 Å². The van der Waals surface area contributed by atoms with Gasteiger partial charge in [-0.15, -0.1) is 0 Å². The molecule has 0 aliphatic rings. The molecule has 0 aromatic rings. The average Bonchev–Trinajstić information content (AvgIpc) is 3.06. The molecule has 0 aromatic carbocycles. The number of rotatable bonds is 39. The molecule has 45 heavy (non-hydrogen) atoms. The van der Waals surface area contributed by atoms with Gasteiger partial charge < -0.3 is 14.9 Å². The van der Waals surface area contributed by atoms with E-state index in [1.54, 1.807) is 0 Å². The summed E-state index contributed by atoms with van der Waals surface area (Å²) in [5.74, 6) is 0. The molecular formula is C42H88O3. The molecule has 274 valence electrons. The average molecular weight is 641 g/mol. The molecule has 2 N–H and O–H groups in total. The standard InChI is InChI=1S/C40H82O.C2H6O2/c1-3-5-7-9-11-13-15-17-19-21-23-25-27-29-31-33-35-37-39-41-40-38-36-34-32-30-28-26-24-22-20-18-16-14-12-10-8-6-4-2;3-1-2-4/h3-40H2,1-2H3;3-4H,1-2H2. The molecule has 3 heteroatoms. The topological polar surface area (TPSA) is 49.7 Å². The van der Waals surface area contributed by atoms with Gasteiger partial charge in [0.1, 0.15) is 0 Å². The maximum Gasteiger partial charge on any atom is 0.0662 e. The van der Waals surface area contributed by atoms with Crippen molar-refractivity contribution in [2.24, 2.45) is 0 Å². The summed E-state index contributed by atoms with van der Waals surface area (Å²) in [6.45, 7) is 6.36. The minimum atomic E-state index is -0.125. The van der Waals surface area contributed by atoms with E-state index < -0.39 is 0 Å². The smallest absolute Gasteiger partial charge is 0.0662 e. The molecule has 0 atom stereocenters. The van der Waals surface area contributed by atoms with Gasteiger partial charge in [0.25, 0.3) is 0 Å². The van der Waals surface area contributed by atoms with E-state index in [0.29, 0.717) is 0 Å². The van der Waals surface area contributed by atoms with E-state index in [-0.39, 0.29) is 13.2 Å². The molecule has 0 spiro atoms. The second-order valence-electron chi connectivity index (χ2n) is 14.1. The fraction of sp³-hybridized carbons (Fsp3) is 1.00. The Labute approximate surface area is 285 Å². The van der Waals surface area contributed by atoms with E-state index in [4.69, 9.17) is 14.9 Å². The van der Waals surface area contributed by atoms with Gasteiger partial charge in [0.2, 0.25) is 0 Å². The van der Waals surface area contributed by atoms with Crippen molar-refractivity contribution in [3.05, 3.63) is 0 Å². The Hall–Kier alpha value is -0.120. The van der Waals surface area contributed by atoms with Crippen LogP contribution < -0.4 is 0 Å². The first-order chi connectivity index (χ1) is 22.3. The number of aliphatic hydroxyl groups excluding tert-OH is 2. The number of unbranched alkanes of at least 4 members (excludes halogenated alkanes) is 34. The van der Waals surface area contributed by atoms with Gasteiger partial charge >= 0.3 is 0 Å². The molecule has 0 aliphatic carbocycles. The van der Waals surface area contributed by atoms with Crippen LogP contribution in [-0.4, -0.2) is 36.6 Å². The van der Waals surface area contributed by atoms with Crippen LogP contribution in [0.4, 0.5) is 0 Å². The minimum Gasteiger partial charge on any atom is -0.394 e. The SMILES string of the molecule is CCCCCCCCCCCCCCCCCCCCOCCCCCCCCCCCCCCCCCCCC.OCCO. The van der Waals surface area contributed by atoms with Crippen LogP contribution in [0.1, 0.15) is 245 Å². The first-order valence-electron chi connectivity index (χ1n) is 21.1. The highest BCUT2D eigenvalue weighted by atomic mass is 16.5. The number of hydrogen-bond acceptors (Lipinski definition) is 3. The zero-order chi connectivity index (χ0) is 33.0. The summed E-state index contributed by atoms with van der Waals surface area (Å²) in [6, 6.07) is 0. The van der Waals surface area contributed by atoms with E-state index in [0.717, 1.165) is 13.2 Å². The van der Waals surface area contributed by atoms with Crippen molar-refractivity contribution < 1.29 is 14.9 Å². The van der Waals surface area contributed by atoms with Crippen LogP contribution in [0.15, 0.2) is 0 Å². The quantitative estimate of drug-likeness (QED) is 0.0657. The van der Waals surface area contributed by atoms with Crippen molar-refractivity contribution in [2.45, 2.75) is 245 Å². The van der Waals surface area contributed by atoms with Crippen LogP contribution in [0.5, 0.6) is 0 Å². The molecule has 3 nitrogen and oxygen atoms in total. The van der Waals surface area contributed by atoms with Gasteiger partial charge in [0.15, 0.2) is 0 Å². The molecule has 0 saturated carbocycles. The Kier molecular flexibility index (Phi) is 50.4. The van der Waals surface area contributed by atoms with Gasteiger partial charge in [-0.1, -0.05) is 232 Å². The van der Waals surface area contributed by atoms with Crippen LogP contribution in [0.3, 0.4) is 0 Å². The molecule has 0 saturated heterocycles. The molecule has 0 radical (unpaired) electrons. The van der Waals surface area contributed by atoms with Crippen molar-refractivity contribution in [1.82, 2.24) is 0 Å². The van der Waals surface area contributed by atoms with E-state index >= 15 is 0 Å². The molecule has 0 rings (SSSR count). The number of ether oxygens (including phenoxy) is 1. The molecule has 0 heterocycles. The fourth-order valence-electron chi connectivity index (χ4n) is 6.31. The summed E-state index contributed by atoms with van der Waals surface area (Å²) < 4.78 is 5.89. The lowest BCUT2D eigenvalue weighted by Crippen LogP contribution is -1.97. The molecule has 0 fully saturated rings. The maximum atomic E-state index is 7.62. The van der Waals surface area contributed by atoms with E-state index in [1.807, 2.05) is 0 Å². The van der Waals surface area contributed by atoms with Crippen LogP contribution in [0.25, 0.3) is 0 Å². The molecule has 0 aromatic heterocycles. The number of hydrogen-bond donors (Lipinski definition) is 2. The predicted octanol–water partition coefficient (Wildman–Crippen LogP) is 14.1. The summed E-state index contributed by atoms with van der Waals surface area (Å²) in [4.78, 5) is 0. The lowest BCUT2D eigenvalue weighted by molar-refractivity contribution is 0.125. The Balaban J connectivity index is 0. The van der Waals surface area contributed by atoms with Gasteiger partial charge in [-0.3, -0.25) is 0 Å². The Bertz CT molecular complexity index is 415. The van der Waals surface area contributed by atoms with Gasteiger partial charge in [-0.05, 0) is 12.8 Å². The fourth-order valence-corrected chi connectivity index (χ4v) is 6.31. The molecular weight excluding hydrogens is 552 g/mol. The zero-order valence-corrected chi connectivity index (χ0v) is 31.6. The van der Waals surface area contributed by atoms with Crippen molar-refractivity contribution in [1.29, 1.82) is 0 Å². The first-order valence-corrected chi connectivity index (χ1v) is 21.1. The highest BCUT2D eigenvalue weighted by Crippen LogP contribution is 2.16. The molecule has 0 bridgehead atoms. The monoisotopic (exact) mass is 641 g/mol. The van der Waals surface area contributed by atoms with E-state index in [9.17, 15) is 0 Å². The Morgan fingerprint density at radius 3 is 0.556 bits per heavy atom. The summed E-state index contributed by atoms with van der Waals surface area (Å²) in [5.41, 5.74) is 0. The van der Waals surface area contributed by atoms with Crippen LogP contribution >= 0.6 is 0 Å². The second-order valence-corrected chi connectivity index (χ2v) is 14.1. The van der Waals surface area contributed by atoms with Crippen LogP contribution in [-0.2, 0) is 4.74 Å². The van der Waals surface area contributed by atoms with Crippen molar-refractivity contribution in [3.8, 4) is 0 Å². The maximum absolute atomic E-state index is 7.62. The van der Waals surface area contributed by atoms with Crippen molar-refractivity contribution >= 4 is 0 Å². The normalized spacial score (nSPS) is 11.2. The highest BCUT2D eigenvalue weighted by Gasteiger charge is 1.97. The molecule has 0 amide bonds.